The number of carbonyl (C=O) groups is 1. The molecule has 0 saturated heterocycles. The topological polar surface area (TPSA) is 83.6 Å². The van der Waals surface area contributed by atoms with Crippen LogP contribution in [0.4, 0.5) is 5.69 Å². The largest absolute Gasteiger partial charge is 0.319 e. The lowest BCUT2D eigenvalue weighted by Crippen LogP contribution is -2.12. The third-order valence-electron chi connectivity index (χ3n) is 3.52. The highest BCUT2D eigenvalue weighted by Gasteiger charge is 2.12. The van der Waals surface area contributed by atoms with Crippen LogP contribution in [0.1, 0.15) is 27.2 Å². The molecule has 0 bridgehead atoms. The summed E-state index contributed by atoms with van der Waals surface area (Å²) < 4.78 is 1.68. The molecule has 124 valence electrons. The van der Waals surface area contributed by atoms with Gasteiger partial charge in [0.25, 0.3) is 5.91 Å². The fourth-order valence-corrected chi connectivity index (χ4v) is 2.62. The summed E-state index contributed by atoms with van der Waals surface area (Å²) in [6, 6.07) is 12.8. The fraction of sp³-hybridized carbons (Fsp3) is 0.111. The molecule has 1 aromatic carbocycles. The van der Waals surface area contributed by atoms with Crippen LogP contribution in [0, 0.1) is 18.3 Å². The van der Waals surface area contributed by atoms with Crippen molar-refractivity contribution in [2.75, 3.05) is 5.32 Å². The first-order valence-electron chi connectivity index (χ1n) is 7.51. The minimum Gasteiger partial charge on any atom is -0.319 e. The standard InChI is InChI=1S/C18H14ClN5O/c1-12-5-6-16(17(19)22-12)18(25)23-15-9-21-24(11-15)10-14-4-2-3-13(7-14)8-20/h2-7,9,11H,10H2,1H3,(H,23,25). The van der Waals surface area contributed by atoms with Gasteiger partial charge in [0.2, 0.25) is 0 Å². The Morgan fingerprint density at radius 2 is 2.20 bits per heavy atom. The molecule has 3 aromatic rings. The van der Waals surface area contributed by atoms with E-state index in [-0.39, 0.29) is 11.1 Å². The Morgan fingerprint density at radius 3 is 2.96 bits per heavy atom. The van der Waals surface area contributed by atoms with Gasteiger partial charge in [-0.2, -0.15) is 10.4 Å². The maximum atomic E-state index is 12.3. The summed E-state index contributed by atoms with van der Waals surface area (Å²) >= 11 is 6.01. The second-order valence-corrected chi connectivity index (χ2v) is 5.84. The number of pyridine rings is 1. The van der Waals surface area contributed by atoms with Crippen LogP contribution in [0.5, 0.6) is 0 Å². The Kier molecular flexibility index (Phi) is 4.78. The van der Waals surface area contributed by atoms with Crippen LogP contribution < -0.4 is 5.32 Å². The number of nitriles is 1. The van der Waals surface area contributed by atoms with Gasteiger partial charge in [-0.05, 0) is 36.8 Å². The van der Waals surface area contributed by atoms with Crippen molar-refractivity contribution in [1.82, 2.24) is 14.8 Å². The Balaban J connectivity index is 1.71. The molecule has 0 aliphatic rings. The summed E-state index contributed by atoms with van der Waals surface area (Å²) in [5, 5.41) is 16.1. The van der Waals surface area contributed by atoms with E-state index in [1.165, 1.54) is 0 Å². The van der Waals surface area contributed by atoms with Crippen molar-refractivity contribution in [3.05, 3.63) is 76.3 Å². The Labute approximate surface area is 149 Å². The number of nitrogens with zero attached hydrogens (tertiary/aromatic N) is 4. The van der Waals surface area contributed by atoms with Gasteiger partial charge < -0.3 is 5.32 Å². The molecule has 0 unspecified atom stereocenters. The van der Waals surface area contributed by atoms with E-state index in [0.717, 1.165) is 11.3 Å². The van der Waals surface area contributed by atoms with Crippen LogP contribution in [-0.4, -0.2) is 20.7 Å². The van der Waals surface area contributed by atoms with E-state index in [2.05, 4.69) is 21.5 Å². The molecule has 0 spiro atoms. The maximum absolute atomic E-state index is 12.3. The molecule has 3 rings (SSSR count). The van der Waals surface area contributed by atoms with E-state index < -0.39 is 0 Å². The van der Waals surface area contributed by atoms with Gasteiger partial charge in [-0.25, -0.2) is 4.98 Å². The smallest absolute Gasteiger partial charge is 0.258 e. The van der Waals surface area contributed by atoms with Crippen molar-refractivity contribution in [3.63, 3.8) is 0 Å². The van der Waals surface area contributed by atoms with Crippen LogP contribution in [0.2, 0.25) is 5.15 Å². The molecule has 0 aliphatic carbocycles. The SMILES string of the molecule is Cc1ccc(C(=O)Nc2cnn(Cc3cccc(C#N)c3)c2)c(Cl)n1. The molecule has 0 aliphatic heterocycles. The fourth-order valence-electron chi connectivity index (χ4n) is 2.33. The molecule has 0 atom stereocenters. The lowest BCUT2D eigenvalue weighted by atomic mass is 10.1. The van der Waals surface area contributed by atoms with Gasteiger partial charge in [0.05, 0.1) is 35.6 Å². The number of hydrogen-bond donors (Lipinski definition) is 1. The van der Waals surface area contributed by atoms with Crippen LogP contribution in [0.3, 0.4) is 0 Å². The summed E-state index contributed by atoms with van der Waals surface area (Å²) in [6.07, 6.45) is 3.27. The zero-order chi connectivity index (χ0) is 17.8. The number of hydrogen-bond acceptors (Lipinski definition) is 4. The molecule has 1 amide bonds. The van der Waals surface area contributed by atoms with E-state index >= 15 is 0 Å². The molecular formula is C18H14ClN5O. The van der Waals surface area contributed by atoms with E-state index in [9.17, 15) is 4.79 Å². The lowest BCUT2D eigenvalue weighted by Gasteiger charge is -2.05. The number of carbonyl (C=O) groups excluding carboxylic acids is 1. The first kappa shape index (κ1) is 16.7. The zero-order valence-electron chi connectivity index (χ0n) is 13.4. The van der Waals surface area contributed by atoms with Crippen molar-refractivity contribution >= 4 is 23.2 Å². The average Bonchev–Trinajstić information content (AvgIpc) is 3.01. The molecular weight excluding hydrogens is 338 g/mol. The van der Waals surface area contributed by atoms with E-state index in [4.69, 9.17) is 16.9 Å². The van der Waals surface area contributed by atoms with E-state index in [0.29, 0.717) is 23.4 Å². The predicted octanol–water partition coefficient (Wildman–Crippen LogP) is 3.41. The predicted molar refractivity (Wildman–Crippen MR) is 94.4 cm³/mol. The number of halogens is 1. The van der Waals surface area contributed by atoms with Crippen LogP contribution in [-0.2, 0) is 6.54 Å². The van der Waals surface area contributed by atoms with Crippen LogP contribution in [0.25, 0.3) is 0 Å². The summed E-state index contributed by atoms with van der Waals surface area (Å²) in [5.41, 5.74) is 3.15. The van der Waals surface area contributed by atoms with E-state index in [1.54, 1.807) is 48.3 Å². The summed E-state index contributed by atoms with van der Waals surface area (Å²) in [6.45, 7) is 2.30. The molecule has 0 radical (unpaired) electrons. The number of amides is 1. The molecule has 0 saturated carbocycles. The normalized spacial score (nSPS) is 10.3. The molecule has 1 N–H and O–H groups in total. The lowest BCUT2D eigenvalue weighted by molar-refractivity contribution is 0.102. The van der Waals surface area contributed by atoms with Crippen LogP contribution in [0.15, 0.2) is 48.8 Å². The monoisotopic (exact) mass is 351 g/mol. The summed E-state index contributed by atoms with van der Waals surface area (Å²) in [5.74, 6) is -0.344. The summed E-state index contributed by atoms with van der Waals surface area (Å²) in [7, 11) is 0. The number of aromatic nitrogens is 3. The van der Waals surface area contributed by atoms with Gasteiger partial charge in [-0.3, -0.25) is 9.48 Å². The average molecular weight is 352 g/mol. The zero-order valence-corrected chi connectivity index (χ0v) is 14.2. The number of anilines is 1. The van der Waals surface area contributed by atoms with Crippen LogP contribution >= 0.6 is 11.6 Å². The highest BCUT2D eigenvalue weighted by Crippen LogP contribution is 2.16. The van der Waals surface area contributed by atoms with Crippen molar-refractivity contribution < 1.29 is 4.79 Å². The second kappa shape index (κ2) is 7.16. The molecule has 6 nitrogen and oxygen atoms in total. The van der Waals surface area contributed by atoms with Gasteiger partial charge in [0.15, 0.2) is 0 Å². The van der Waals surface area contributed by atoms with Gasteiger partial charge in [0, 0.05) is 11.9 Å². The Hall–Kier alpha value is -3.17. The van der Waals surface area contributed by atoms with Gasteiger partial charge in [0.1, 0.15) is 5.15 Å². The van der Waals surface area contributed by atoms with E-state index in [1.807, 2.05) is 12.1 Å². The maximum Gasteiger partial charge on any atom is 0.258 e. The third kappa shape index (κ3) is 4.03. The van der Waals surface area contributed by atoms with Crippen molar-refractivity contribution in [3.8, 4) is 6.07 Å². The van der Waals surface area contributed by atoms with Crippen molar-refractivity contribution in [1.29, 1.82) is 5.26 Å². The molecule has 25 heavy (non-hydrogen) atoms. The Morgan fingerprint density at radius 1 is 1.36 bits per heavy atom. The Bertz CT molecular complexity index is 974. The van der Waals surface area contributed by atoms with Gasteiger partial charge in [-0.1, -0.05) is 23.7 Å². The molecule has 2 aromatic heterocycles. The third-order valence-corrected chi connectivity index (χ3v) is 3.81. The van der Waals surface area contributed by atoms with Gasteiger partial charge >= 0.3 is 0 Å². The number of aryl methyl sites for hydroxylation is 1. The van der Waals surface area contributed by atoms with Crippen molar-refractivity contribution in [2.45, 2.75) is 13.5 Å². The molecule has 2 heterocycles. The minimum absolute atomic E-state index is 0.165. The molecule has 0 fully saturated rings. The first-order valence-corrected chi connectivity index (χ1v) is 7.89. The van der Waals surface area contributed by atoms with Crippen molar-refractivity contribution in [2.24, 2.45) is 0 Å². The minimum atomic E-state index is -0.344. The number of benzene rings is 1. The highest BCUT2D eigenvalue weighted by atomic mass is 35.5. The molecule has 7 heteroatoms. The quantitative estimate of drug-likeness (QED) is 0.730. The second-order valence-electron chi connectivity index (χ2n) is 5.48. The first-order chi connectivity index (χ1) is 12.0. The highest BCUT2D eigenvalue weighted by molar-refractivity contribution is 6.33. The van der Waals surface area contributed by atoms with Gasteiger partial charge in [-0.15, -0.1) is 0 Å². The summed E-state index contributed by atoms with van der Waals surface area (Å²) in [4.78, 5) is 16.4. The number of rotatable bonds is 4. The number of nitrogens with one attached hydrogen (secondary N) is 1.